The topological polar surface area (TPSA) is 41.6 Å². The first-order chi connectivity index (χ1) is 8.28. The number of nitrogens with one attached hydrogen (secondary N) is 1. The number of rotatable bonds is 4. The summed E-state index contributed by atoms with van der Waals surface area (Å²) < 4.78 is 5.35. The standard InChI is InChI=1S/C14H22N2O2/c1-10-7-8-12(18-6)11(9-10)14(2,3)13(17)15-16(4)5/h7-9H,1-6H3,(H,15,17). The third-order valence-electron chi connectivity index (χ3n) is 2.92. The van der Waals surface area contributed by atoms with Gasteiger partial charge in [-0.05, 0) is 26.8 Å². The molecule has 1 aromatic rings. The Bertz CT molecular complexity index is 439. The number of carbonyl (C=O) groups is 1. The molecule has 0 heterocycles. The monoisotopic (exact) mass is 250 g/mol. The van der Waals surface area contributed by atoms with Crippen molar-refractivity contribution in [1.29, 1.82) is 0 Å². The van der Waals surface area contributed by atoms with Crippen LogP contribution in [0.5, 0.6) is 5.75 Å². The first-order valence-corrected chi connectivity index (χ1v) is 5.92. The van der Waals surface area contributed by atoms with Crippen LogP contribution >= 0.6 is 0 Å². The van der Waals surface area contributed by atoms with E-state index in [9.17, 15) is 4.79 Å². The number of methoxy groups -OCH3 is 1. The zero-order valence-electron chi connectivity index (χ0n) is 12.0. The van der Waals surface area contributed by atoms with Gasteiger partial charge in [-0.2, -0.15) is 0 Å². The van der Waals surface area contributed by atoms with Crippen molar-refractivity contribution in [3.63, 3.8) is 0 Å². The maximum Gasteiger partial charge on any atom is 0.244 e. The van der Waals surface area contributed by atoms with Crippen LogP contribution in [0, 0.1) is 6.92 Å². The second-order valence-electron chi connectivity index (χ2n) is 5.16. The van der Waals surface area contributed by atoms with Gasteiger partial charge in [0.2, 0.25) is 5.91 Å². The Kier molecular flexibility index (Phi) is 4.35. The van der Waals surface area contributed by atoms with Gasteiger partial charge >= 0.3 is 0 Å². The minimum Gasteiger partial charge on any atom is -0.496 e. The number of aryl methyl sites for hydroxylation is 1. The van der Waals surface area contributed by atoms with Crippen LogP contribution in [0.4, 0.5) is 0 Å². The van der Waals surface area contributed by atoms with Gasteiger partial charge in [-0.1, -0.05) is 17.7 Å². The van der Waals surface area contributed by atoms with Gasteiger partial charge in [-0.25, -0.2) is 5.01 Å². The molecule has 0 saturated heterocycles. The Morgan fingerprint density at radius 3 is 2.44 bits per heavy atom. The van der Waals surface area contributed by atoms with E-state index in [1.165, 1.54) is 0 Å². The minimum absolute atomic E-state index is 0.0589. The molecular weight excluding hydrogens is 228 g/mol. The average molecular weight is 250 g/mol. The Balaban J connectivity index is 3.18. The van der Waals surface area contributed by atoms with E-state index in [1.54, 1.807) is 26.2 Å². The van der Waals surface area contributed by atoms with Gasteiger partial charge in [0.1, 0.15) is 5.75 Å². The predicted octanol–water partition coefficient (Wildman–Crippen LogP) is 1.87. The van der Waals surface area contributed by atoms with E-state index in [2.05, 4.69) is 5.43 Å². The molecule has 4 heteroatoms. The number of carbonyl (C=O) groups excluding carboxylic acids is 1. The fourth-order valence-corrected chi connectivity index (χ4v) is 1.78. The molecular formula is C14H22N2O2. The van der Waals surface area contributed by atoms with Crippen molar-refractivity contribution in [2.75, 3.05) is 21.2 Å². The summed E-state index contributed by atoms with van der Waals surface area (Å²) in [7, 11) is 5.21. The minimum atomic E-state index is -0.651. The molecule has 0 aliphatic carbocycles. The van der Waals surface area contributed by atoms with Crippen molar-refractivity contribution < 1.29 is 9.53 Å². The molecule has 0 spiro atoms. The molecule has 0 aliphatic rings. The summed E-state index contributed by atoms with van der Waals surface area (Å²) in [6, 6.07) is 5.87. The third kappa shape index (κ3) is 3.01. The summed E-state index contributed by atoms with van der Waals surface area (Å²) in [6.45, 7) is 5.79. The van der Waals surface area contributed by atoms with E-state index >= 15 is 0 Å². The molecule has 0 aliphatic heterocycles. The summed E-state index contributed by atoms with van der Waals surface area (Å²) in [5, 5.41) is 1.65. The number of hydrazine groups is 1. The Morgan fingerprint density at radius 2 is 1.94 bits per heavy atom. The molecule has 0 atom stereocenters. The van der Waals surface area contributed by atoms with Crippen molar-refractivity contribution in [2.24, 2.45) is 0 Å². The van der Waals surface area contributed by atoms with Gasteiger partial charge in [0.25, 0.3) is 0 Å². The maximum atomic E-state index is 12.2. The van der Waals surface area contributed by atoms with Crippen LogP contribution in [-0.2, 0) is 10.2 Å². The second kappa shape index (κ2) is 5.40. The van der Waals surface area contributed by atoms with Crippen molar-refractivity contribution in [3.8, 4) is 5.75 Å². The Morgan fingerprint density at radius 1 is 1.33 bits per heavy atom. The molecule has 1 aromatic carbocycles. The molecule has 1 rings (SSSR count). The van der Waals surface area contributed by atoms with Crippen LogP contribution in [-0.4, -0.2) is 32.1 Å². The normalized spacial score (nSPS) is 11.5. The molecule has 18 heavy (non-hydrogen) atoms. The summed E-state index contributed by atoms with van der Waals surface area (Å²) in [4.78, 5) is 12.2. The van der Waals surface area contributed by atoms with Crippen molar-refractivity contribution in [2.45, 2.75) is 26.2 Å². The lowest BCUT2D eigenvalue weighted by Gasteiger charge is -2.28. The van der Waals surface area contributed by atoms with Gasteiger partial charge in [0, 0.05) is 19.7 Å². The lowest BCUT2D eigenvalue weighted by Crippen LogP contribution is -2.46. The van der Waals surface area contributed by atoms with Crippen molar-refractivity contribution in [1.82, 2.24) is 10.4 Å². The number of amides is 1. The van der Waals surface area contributed by atoms with Gasteiger partial charge in [0.15, 0.2) is 0 Å². The highest BCUT2D eigenvalue weighted by Crippen LogP contribution is 2.32. The number of benzene rings is 1. The van der Waals surface area contributed by atoms with Gasteiger partial charge in [-0.15, -0.1) is 0 Å². The van der Waals surface area contributed by atoms with Crippen LogP contribution < -0.4 is 10.2 Å². The van der Waals surface area contributed by atoms with Crippen LogP contribution in [0.15, 0.2) is 18.2 Å². The van der Waals surface area contributed by atoms with Crippen LogP contribution in [0.25, 0.3) is 0 Å². The average Bonchev–Trinajstić information content (AvgIpc) is 2.28. The van der Waals surface area contributed by atoms with E-state index in [4.69, 9.17) is 4.74 Å². The van der Waals surface area contributed by atoms with Crippen LogP contribution in [0.1, 0.15) is 25.0 Å². The molecule has 0 fully saturated rings. The van der Waals surface area contributed by atoms with Gasteiger partial charge < -0.3 is 4.74 Å². The number of nitrogens with zero attached hydrogens (tertiary/aromatic N) is 1. The molecule has 0 bridgehead atoms. The first-order valence-electron chi connectivity index (χ1n) is 5.92. The largest absolute Gasteiger partial charge is 0.496 e. The highest BCUT2D eigenvalue weighted by molar-refractivity contribution is 5.87. The zero-order valence-corrected chi connectivity index (χ0v) is 12.0. The lowest BCUT2D eigenvalue weighted by molar-refractivity contribution is -0.129. The highest BCUT2D eigenvalue weighted by Gasteiger charge is 2.33. The van der Waals surface area contributed by atoms with Crippen molar-refractivity contribution >= 4 is 5.91 Å². The van der Waals surface area contributed by atoms with Gasteiger partial charge in [-0.3, -0.25) is 10.2 Å². The number of hydrogen-bond donors (Lipinski definition) is 1. The Hall–Kier alpha value is -1.55. The highest BCUT2D eigenvalue weighted by atomic mass is 16.5. The molecule has 1 amide bonds. The van der Waals surface area contributed by atoms with E-state index < -0.39 is 5.41 Å². The van der Waals surface area contributed by atoms with Gasteiger partial charge in [0.05, 0.1) is 12.5 Å². The fourth-order valence-electron chi connectivity index (χ4n) is 1.78. The number of hydrogen-bond acceptors (Lipinski definition) is 3. The summed E-state index contributed by atoms with van der Waals surface area (Å²) >= 11 is 0. The summed E-state index contributed by atoms with van der Waals surface area (Å²) in [5.74, 6) is 0.677. The zero-order chi connectivity index (χ0) is 13.9. The number of ether oxygens (including phenoxy) is 1. The van der Waals surface area contributed by atoms with E-state index in [0.29, 0.717) is 0 Å². The SMILES string of the molecule is COc1ccc(C)cc1C(C)(C)C(=O)NN(C)C. The molecule has 0 saturated carbocycles. The van der Waals surface area contributed by atoms with Crippen LogP contribution in [0.2, 0.25) is 0 Å². The molecule has 0 unspecified atom stereocenters. The first kappa shape index (κ1) is 14.5. The fraction of sp³-hybridized carbons (Fsp3) is 0.500. The quantitative estimate of drug-likeness (QED) is 0.830. The molecule has 1 N–H and O–H groups in total. The molecule has 4 nitrogen and oxygen atoms in total. The van der Waals surface area contributed by atoms with E-state index in [1.807, 2.05) is 39.0 Å². The second-order valence-corrected chi connectivity index (χ2v) is 5.16. The molecule has 0 aromatic heterocycles. The smallest absolute Gasteiger partial charge is 0.244 e. The molecule has 100 valence electrons. The van der Waals surface area contributed by atoms with E-state index in [-0.39, 0.29) is 5.91 Å². The summed E-state index contributed by atoms with van der Waals surface area (Å²) in [6.07, 6.45) is 0. The summed E-state index contributed by atoms with van der Waals surface area (Å²) in [5.41, 5.74) is 4.14. The van der Waals surface area contributed by atoms with E-state index in [0.717, 1.165) is 16.9 Å². The Labute approximate surface area is 109 Å². The predicted molar refractivity (Wildman–Crippen MR) is 72.6 cm³/mol. The molecule has 0 radical (unpaired) electrons. The van der Waals surface area contributed by atoms with Crippen molar-refractivity contribution in [3.05, 3.63) is 29.3 Å². The maximum absolute atomic E-state index is 12.2. The lowest BCUT2D eigenvalue weighted by atomic mass is 9.82. The van der Waals surface area contributed by atoms with Crippen LogP contribution in [0.3, 0.4) is 0 Å². The third-order valence-corrected chi connectivity index (χ3v) is 2.92.